The number of rotatable bonds is 4. The van der Waals surface area contributed by atoms with Gasteiger partial charge in [-0.3, -0.25) is 4.79 Å². The molecule has 1 aromatic heterocycles. The van der Waals surface area contributed by atoms with Crippen LogP contribution in [0.1, 0.15) is 49.7 Å². The summed E-state index contributed by atoms with van der Waals surface area (Å²) in [4.78, 5) is 19.6. The molecule has 1 saturated carbocycles. The van der Waals surface area contributed by atoms with Gasteiger partial charge in [0.2, 0.25) is 0 Å². The van der Waals surface area contributed by atoms with Crippen molar-refractivity contribution in [1.82, 2.24) is 9.97 Å². The lowest BCUT2D eigenvalue weighted by Crippen LogP contribution is -2.38. The summed E-state index contributed by atoms with van der Waals surface area (Å²) in [6.45, 7) is 3.98. The van der Waals surface area contributed by atoms with E-state index >= 15 is 0 Å². The number of aryl methyl sites for hydroxylation is 1. The monoisotopic (exact) mass is 280 g/mol. The second-order valence-electron chi connectivity index (χ2n) is 5.85. The normalized spacial score (nSPS) is 26.7. The molecule has 0 spiro atoms. The standard InChI is InChI=1S/C15H24N2O3/c1-10-5-4-7-15(9-10,20-3)14-16-11(2)12(6-8-18)13(19)17-14/h10,18H,4-9H2,1-3H3,(H,16,17,19). The van der Waals surface area contributed by atoms with Gasteiger partial charge < -0.3 is 14.8 Å². The Morgan fingerprint density at radius 3 is 2.85 bits per heavy atom. The van der Waals surface area contributed by atoms with Crippen molar-refractivity contribution in [2.45, 2.75) is 51.6 Å². The highest BCUT2D eigenvalue weighted by atomic mass is 16.5. The molecule has 0 amide bonds. The predicted molar refractivity (Wildman–Crippen MR) is 76.7 cm³/mol. The highest BCUT2D eigenvalue weighted by Gasteiger charge is 2.39. The fraction of sp³-hybridized carbons (Fsp3) is 0.733. The molecule has 2 atom stereocenters. The van der Waals surface area contributed by atoms with Crippen molar-refractivity contribution < 1.29 is 9.84 Å². The van der Waals surface area contributed by atoms with Crippen molar-refractivity contribution in [3.05, 3.63) is 27.4 Å². The highest BCUT2D eigenvalue weighted by molar-refractivity contribution is 5.19. The third-order valence-electron chi connectivity index (χ3n) is 4.36. The fourth-order valence-electron chi connectivity index (χ4n) is 3.23. The molecule has 112 valence electrons. The van der Waals surface area contributed by atoms with Gasteiger partial charge in [-0.25, -0.2) is 4.98 Å². The molecule has 0 radical (unpaired) electrons. The van der Waals surface area contributed by atoms with Crippen LogP contribution in [-0.2, 0) is 16.8 Å². The van der Waals surface area contributed by atoms with Crippen molar-refractivity contribution in [2.75, 3.05) is 13.7 Å². The smallest absolute Gasteiger partial charge is 0.254 e. The Labute approximate surface area is 119 Å². The van der Waals surface area contributed by atoms with Gasteiger partial charge in [-0.2, -0.15) is 0 Å². The molecule has 2 N–H and O–H groups in total. The molecular weight excluding hydrogens is 256 g/mol. The Kier molecular flexibility index (Phi) is 4.60. The number of aromatic amines is 1. The summed E-state index contributed by atoms with van der Waals surface area (Å²) in [7, 11) is 1.69. The third-order valence-corrected chi connectivity index (χ3v) is 4.36. The summed E-state index contributed by atoms with van der Waals surface area (Å²) in [5.74, 6) is 1.20. The molecule has 1 fully saturated rings. The quantitative estimate of drug-likeness (QED) is 0.879. The van der Waals surface area contributed by atoms with Gasteiger partial charge in [-0.05, 0) is 32.1 Å². The van der Waals surface area contributed by atoms with E-state index in [0.29, 0.717) is 29.4 Å². The first-order chi connectivity index (χ1) is 9.52. The van der Waals surface area contributed by atoms with Gasteiger partial charge in [-0.1, -0.05) is 13.3 Å². The van der Waals surface area contributed by atoms with Gasteiger partial charge in [0, 0.05) is 31.4 Å². The molecule has 2 unspecified atom stereocenters. The number of aliphatic hydroxyl groups is 1. The number of aromatic nitrogens is 2. The maximum absolute atomic E-state index is 12.2. The molecule has 0 bridgehead atoms. The highest BCUT2D eigenvalue weighted by Crippen LogP contribution is 2.40. The van der Waals surface area contributed by atoms with Crippen molar-refractivity contribution >= 4 is 0 Å². The van der Waals surface area contributed by atoms with Crippen LogP contribution in [0.2, 0.25) is 0 Å². The topological polar surface area (TPSA) is 75.2 Å². The summed E-state index contributed by atoms with van der Waals surface area (Å²) in [5.41, 5.74) is 0.620. The van der Waals surface area contributed by atoms with Crippen molar-refractivity contribution in [2.24, 2.45) is 5.92 Å². The number of nitrogens with one attached hydrogen (secondary N) is 1. The predicted octanol–water partition coefficient (Wildman–Crippen LogP) is 1.66. The Hall–Kier alpha value is -1.20. The van der Waals surface area contributed by atoms with E-state index in [2.05, 4.69) is 16.9 Å². The van der Waals surface area contributed by atoms with E-state index in [1.54, 1.807) is 7.11 Å². The second-order valence-corrected chi connectivity index (χ2v) is 5.85. The molecule has 5 nitrogen and oxygen atoms in total. The largest absolute Gasteiger partial charge is 0.396 e. The molecule has 2 rings (SSSR count). The lowest BCUT2D eigenvalue weighted by atomic mass is 9.78. The lowest BCUT2D eigenvalue weighted by Gasteiger charge is -2.38. The molecule has 0 aromatic carbocycles. The van der Waals surface area contributed by atoms with Crippen LogP contribution < -0.4 is 5.56 Å². The maximum Gasteiger partial charge on any atom is 0.254 e. The molecule has 1 aromatic rings. The average molecular weight is 280 g/mol. The zero-order chi connectivity index (χ0) is 14.8. The van der Waals surface area contributed by atoms with Crippen LogP contribution in [0.25, 0.3) is 0 Å². The van der Waals surface area contributed by atoms with Crippen LogP contribution in [0.4, 0.5) is 0 Å². The summed E-state index contributed by atoms with van der Waals surface area (Å²) in [6, 6.07) is 0. The minimum atomic E-state index is -0.473. The summed E-state index contributed by atoms with van der Waals surface area (Å²) < 4.78 is 5.76. The minimum Gasteiger partial charge on any atom is -0.396 e. The number of aliphatic hydroxyl groups excluding tert-OH is 1. The van der Waals surface area contributed by atoms with Gasteiger partial charge in [0.05, 0.1) is 0 Å². The van der Waals surface area contributed by atoms with Crippen molar-refractivity contribution in [3.63, 3.8) is 0 Å². The summed E-state index contributed by atoms with van der Waals surface area (Å²) in [6.07, 6.45) is 4.37. The van der Waals surface area contributed by atoms with Crippen LogP contribution >= 0.6 is 0 Å². The Morgan fingerprint density at radius 2 is 2.30 bits per heavy atom. The number of H-pyrrole nitrogens is 1. The third kappa shape index (κ3) is 2.79. The SMILES string of the molecule is COC1(c2nc(C)c(CCO)c(=O)[nH]2)CCCC(C)C1. The number of ether oxygens (including phenoxy) is 1. The van der Waals surface area contributed by atoms with Crippen LogP contribution in [0, 0.1) is 12.8 Å². The zero-order valence-corrected chi connectivity index (χ0v) is 12.5. The molecule has 0 saturated heterocycles. The first-order valence-electron chi connectivity index (χ1n) is 7.28. The molecule has 1 heterocycles. The molecular formula is C15H24N2O3. The van der Waals surface area contributed by atoms with Gasteiger partial charge in [-0.15, -0.1) is 0 Å². The van der Waals surface area contributed by atoms with E-state index < -0.39 is 5.60 Å². The minimum absolute atomic E-state index is 0.0442. The van der Waals surface area contributed by atoms with Crippen molar-refractivity contribution in [1.29, 1.82) is 0 Å². The van der Waals surface area contributed by atoms with E-state index in [-0.39, 0.29) is 12.2 Å². The second kappa shape index (κ2) is 6.06. The summed E-state index contributed by atoms with van der Waals surface area (Å²) in [5, 5.41) is 9.01. The fourth-order valence-corrected chi connectivity index (χ4v) is 3.23. The Balaban J connectivity index is 2.43. The maximum atomic E-state index is 12.2. The van der Waals surface area contributed by atoms with Crippen LogP contribution in [0.5, 0.6) is 0 Å². The van der Waals surface area contributed by atoms with E-state index in [9.17, 15) is 4.79 Å². The number of hydrogen-bond donors (Lipinski definition) is 2. The first-order valence-corrected chi connectivity index (χ1v) is 7.28. The van der Waals surface area contributed by atoms with E-state index in [0.717, 1.165) is 19.3 Å². The summed E-state index contributed by atoms with van der Waals surface area (Å²) >= 11 is 0. The number of methoxy groups -OCH3 is 1. The average Bonchev–Trinajstić information content (AvgIpc) is 2.42. The molecule has 5 heteroatoms. The Morgan fingerprint density at radius 1 is 1.55 bits per heavy atom. The molecule has 0 aliphatic heterocycles. The number of hydrogen-bond acceptors (Lipinski definition) is 4. The van der Waals surface area contributed by atoms with E-state index in [1.165, 1.54) is 6.42 Å². The van der Waals surface area contributed by atoms with Crippen LogP contribution in [0.3, 0.4) is 0 Å². The lowest BCUT2D eigenvalue weighted by molar-refractivity contribution is -0.0649. The Bertz CT molecular complexity index is 526. The van der Waals surface area contributed by atoms with Crippen LogP contribution in [-0.4, -0.2) is 28.8 Å². The molecule has 1 aliphatic rings. The molecule has 20 heavy (non-hydrogen) atoms. The van der Waals surface area contributed by atoms with Gasteiger partial charge in [0.1, 0.15) is 11.4 Å². The van der Waals surface area contributed by atoms with E-state index in [1.807, 2.05) is 6.92 Å². The van der Waals surface area contributed by atoms with Gasteiger partial charge in [0.25, 0.3) is 5.56 Å². The first kappa shape index (κ1) is 15.2. The van der Waals surface area contributed by atoms with Gasteiger partial charge in [0.15, 0.2) is 0 Å². The van der Waals surface area contributed by atoms with E-state index in [4.69, 9.17) is 9.84 Å². The van der Waals surface area contributed by atoms with Gasteiger partial charge >= 0.3 is 0 Å². The zero-order valence-electron chi connectivity index (χ0n) is 12.5. The number of nitrogens with zero attached hydrogens (tertiary/aromatic N) is 1. The molecule has 1 aliphatic carbocycles. The van der Waals surface area contributed by atoms with Crippen LogP contribution in [0.15, 0.2) is 4.79 Å². The van der Waals surface area contributed by atoms with Crippen molar-refractivity contribution in [3.8, 4) is 0 Å².